The van der Waals surface area contributed by atoms with E-state index in [-0.39, 0.29) is 28.8 Å². The summed E-state index contributed by atoms with van der Waals surface area (Å²) in [6.45, 7) is 5.36. The molecule has 0 atom stereocenters. The van der Waals surface area contributed by atoms with E-state index in [1.807, 2.05) is 11.8 Å². The maximum atomic E-state index is 15.1. The van der Waals surface area contributed by atoms with Gasteiger partial charge in [-0.25, -0.2) is 23.1 Å². The average molecular weight is 527 g/mol. The van der Waals surface area contributed by atoms with Gasteiger partial charge in [0.25, 0.3) is 0 Å². The minimum Gasteiger partial charge on any atom is -0.486 e. The Labute approximate surface area is 221 Å². The van der Waals surface area contributed by atoms with Gasteiger partial charge in [-0.15, -0.1) is 0 Å². The van der Waals surface area contributed by atoms with Gasteiger partial charge in [0, 0.05) is 36.9 Å². The normalized spacial score (nSPS) is 16.0. The topological polar surface area (TPSA) is 56.8 Å². The van der Waals surface area contributed by atoms with Crippen molar-refractivity contribution in [2.24, 2.45) is 0 Å². The molecular formula is C28H33F3N6O. The van der Waals surface area contributed by atoms with Gasteiger partial charge in [-0.1, -0.05) is 6.92 Å². The smallest absolute Gasteiger partial charge is 0.227 e. The summed E-state index contributed by atoms with van der Waals surface area (Å²) in [4.78, 5) is 14.6. The van der Waals surface area contributed by atoms with Gasteiger partial charge in [-0.3, -0.25) is 0 Å². The van der Waals surface area contributed by atoms with Crippen LogP contribution in [0.25, 0.3) is 11.3 Å². The van der Waals surface area contributed by atoms with Crippen molar-refractivity contribution in [3.05, 3.63) is 54.0 Å². The third-order valence-corrected chi connectivity index (χ3v) is 7.22. The molecule has 1 aromatic heterocycles. The van der Waals surface area contributed by atoms with Gasteiger partial charge in [0.15, 0.2) is 17.4 Å². The van der Waals surface area contributed by atoms with Crippen molar-refractivity contribution in [2.45, 2.75) is 32.2 Å². The van der Waals surface area contributed by atoms with Crippen molar-refractivity contribution in [1.29, 1.82) is 0 Å². The van der Waals surface area contributed by atoms with Crippen molar-refractivity contribution < 1.29 is 17.9 Å². The number of halogens is 3. The number of aromatic nitrogens is 2. The van der Waals surface area contributed by atoms with Crippen LogP contribution in [-0.4, -0.2) is 67.8 Å². The predicted octanol–water partition coefficient (Wildman–Crippen LogP) is 5.44. The second kappa shape index (κ2) is 11.1. The fourth-order valence-electron chi connectivity index (χ4n) is 5.20. The third-order valence-electron chi connectivity index (χ3n) is 7.22. The average Bonchev–Trinajstić information content (AvgIpc) is 2.90. The molecule has 0 amide bonds. The minimum atomic E-state index is -0.684. The summed E-state index contributed by atoms with van der Waals surface area (Å²) in [5, 5.41) is 2.96. The maximum Gasteiger partial charge on any atom is 0.227 e. The molecule has 3 heterocycles. The summed E-state index contributed by atoms with van der Waals surface area (Å²) in [6, 6.07) is 8.29. The monoisotopic (exact) mass is 526 g/mol. The molecule has 5 rings (SSSR count). The van der Waals surface area contributed by atoms with E-state index in [9.17, 15) is 8.78 Å². The number of ether oxygens (including phenoxy) is 1. The SMILES string of the molecule is CCCN1CCOc2c(F)cc(-c3nc(Nc4ccc(N5CCC(N(C)C)CC5)c(F)c4)ncc3F)cc21. The molecule has 0 unspecified atom stereocenters. The standard InChI is InChI=1S/C28H33F3N6O/c1-4-9-36-12-13-38-27-22(30)14-18(15-25(27)36)26-23(31)17-32-28(34-26)33-19-5-6-24(21(29)16-19)37-10-7-20(8-11-37)35(2)3/h5-6,14-17,20H,4,7-13H2,1-3H3,(H,32,33,34). The molecule has 1 saturated heterocycles. The molecule has 3 aromatic rings. The van der Waals surface area contributed by atoms with Crippen molar-refractivity contribution >= 4 is 23.0 Å². The van der Waals surface area contributed by atoms with E-state index in [0.29, 0.717) is 36.3 Å². The molecule has 10 heteroatoms. The van der Waals surface area contributed by atoms with Crippen molar-refractivity contribution in [3.63, 3.8) is 0 Å². The Balaban J connectivity index is 1.37. The number of hydrogen-bond donors (Lipinski definition) is 1. The lowest BCUT2D eigenvalue weighted by atomic mass is 10.0. The lowest BCUT2D eigenvalue weighted by Crippen LogP contribution is -2.42. The zero-order valence-corrected chi connectivity index (χ0v) is 22.0. The van der Waals surface area contributed by atoms with Gasteiger partial charge in [0.05, 0.1) is 24.1 Å². The molecule has 0 aliphatic carbocycles. The Bertz CT molecular complexity index is 1300. The van der Waals surface area contributed by atoms with Gasteiger partial charge < -0.3 is 24.8 Å². The molecule has 1 N–H and O–H groups in total. The van der Waals surface area contributed by atoms with E-state index in [1.165, 1.54) is 12.1 Å². The van der Waals surface area contributed by atoms with Crippen LogP contribution in [0.4, 0.5) is 36.2 Å². The third kappa shape index (κ3) is 5.36. The zero-order valence-electron chi connectivity index (χ0n) is 22.0. The first kappa shape index (κ1) is 26.1. The summed E-state index contributed by atoms with van der Waals surface area (Å²) >= 11 is 0. The van der Waals surface area contributed by atoms with Crippen LogP contribution in [-0.2, 0) is 0 Å². The highest BCUT2D eigenvalue weighted by atomic mass is 19.1. The highest BCUT2D eigenvalue weighted by Gasteiger charge is 2.25. The van der Waals surface area contributed by atoms with Crippen LogP contribution in [0.2, 0.25) is 0 Å². The van der Waals surface area contributed by atoms with Crippen LogP contribution < -0.4 is 19.9 Å². The largest absolute Gasteiger partial charge is 0.486 e. The number of anilines is 4. The highest BCUT2D eigenvalue weighted by molar-refractivity contribution is 5.73. The molecular weight excluding hydrogens is 493 g/mol. The molecule has 2 aromatic carbocycles. The van der Waals surface area contributed by atoms with E-state index in [2.05, 4.69) is 39.2 Å². The zero-order chi connectivity index (χ0) is 26.8. The molecule has 2 aliphatic rings. The summed E-state index contributed by atoms with van der Waals surface area (Å²) in [5.41, 5.74) is 1.79. The first-order valence-corrected chi connectivity index (χ1v) is 13.1. The molecule has 0 radical (unpaired) electrons. The Hall–Kier alpha value is -3.53. The lowest BCUT2D eigenvalue weighted by molar-refractivity contribution is 0.249. The summed E-state index contributed by atoms with van der Waals surface area (Å²) < 4.78 is 50.3. The Morgan fingerprint density at radius 1 is 1.00 bits per heavy atom. The van der Waals surface area contributed by atoms with Gasteiger partial charge in [0.1, 0.15) is 18.1 Å². The predicted molar refractivity (Wildman–Crippen MR) is 144 cm³/mol. The van der Waals surface area contributed by atoms with Crippen LogP contribution in [0.3, 0.4) is 0 Å². The Morgan fingerprint density at radius 3 is 2.50 bits per heavy atom. The number of benzene rings is 2. The van der Waals surface area contributed by atoms with Crippen LogP contribution in [0.15, 0.2) is 36.5 Å². The van der Waals surface area contributed by atoms with Gasteiger partial charge in [0.2, 0.25) is 5.95 Å². The van der Waals surface area contributed by atoms with Crippen molar-refractivity contribution in [1.82, 2.24) is 14.9 Å². The summed E-state index contributed by atoms with van der Waals surface area (Å²) in [5.74, 6) is -1.36. The molecule has 0 saturated carbocycles. The van der Waals surface area contributed by atoms with Crippen LogP contribution in [0, 0.1) is 17.5 Å². The van der Waals surface area contributed by atoms with E-state index >= 15 is 4.39 Å². The van der Waals surface area contributed by atoms with E-state index in [1.54, 1.807) is 18.2 Å². The number of piperidine rings is 1. The molecule has 7 nitrogen and oxygen atoms in total. The number of nitrogens with zero attached hydrogens (tertiary/aromatic N) is 5. The molecule has 202 valence electrons. The van der Waals surface area contributed by atoms with E-state index in [0.717, 1.165) is 45.1 Å². The molecule has 38 heavy (non-hydrogen) atoms. The fraction of sp³-hybridized carbons (Fsp3) is 0.429. The summed E-state index contributed by atoms with van der Waals surface area (Å²) in [6.07, 6.45) is 3.86. The number of hydrogen-bond acceptors (Lipinski definition) is 7. The second-order valence-electron chi connectivity index (χ2n) is 10.0. The Morgan fingerprint density at radius 2 is 1.79 bits per heavy atom. The maximum absolute atomic E-state index is 15.1. The number of fused-ring (bicyclic) bond motifs is 1. The molecule has 1 fully saturated rings. The molecule has 0 spiro atoms. The van der Waals surface area contributed by atoms with Crippen LogP contribution in [0.1, 0.15) is 26.2 Å². The first-order valence-electron chi connectivity index (χ1n) is 13.1. The summed E-state index contributed by atoms with van der Waals surface area (Å²) in [7, 11) is 4.14. The van der Waals surface area contributed by atoms with E-state index < -0.39 is 11.6 Å². The lowest BCUT2D eigenvalue weighted by Gasteiger charge is -2.36. The second-order valence-corrected chi connectivity index (χ2v) is 10.0. The van der Waals surface area contributed by atoms with Crippen LogP contribution >= 0.6 is 0 Å². The van der Waals surface area contributed by atoms with Crippen molar-refractivity contribution in [3.8, 4) is 17.0 Å². The van der Waals surface area contributed by atoms with E-state index in [4.69, 9.17) is 4.74 Å². The quantitative estimate of drug-likeness (QED) is 0.440. The molecule has 2 aliphatic heterocycles. The van der Waals surface area contributed by atoms with Gasteiger partial charge in [-0.2, -0.15) is 0 Å². The number of nitrogens with one attached hydrogen (secondary N) is 1. The molecule has 0 bridgehead atoms. The first-order chi connectivity index (χ1) is 18.3. The van der Waals surface area contributed by atoms with Crippen LogP contribution in [0.5, 0.6) is 5.75 Å². The van der Waals surface area contributed by atoms with Crippen molar-refractivity contribution in [2.75, 3.05) is 62.0 Å². The Kier molecular flexibility index (Phi) is 7.60. The fourth-order valence-corrected chi connectivity index (χ4v) is 5.20. The van der Waals surface area contributed by atoms with Gasteiger partial charge >= 0.3 is 0 Å². The minimum absolute atomic E-state index is 0.0490. The highest BCUT2D eigenvalue weighted by Crippen LogP contribution is 2.39. The number of rotatable bonds is 7. The van der Waals surface area contributed by atoms with Gasteiger partial charge in [-0.05, 0) is 63.7 Å².